The Bertz CT molecular complexity index is 546. The molecule has 0 radical (unpaired) electrons. The molecular weight excluding hydrogens is 250 g/mol. The van der Waals surface area contributed by atoms with Crippen LogP contribution in [0.15, 0.2) is 41.8 Å². The summed E-state index contributed by atoms with van der Waals surface area (Å²) in [5, 5.41) is 13.4. The summed E-state index contributed by atoms with van der Waals surface area (Å²) in [7, 11) is 0. The van der Waals surface area contributed by atoms with Crippen LogP contribution in [0.3, 0.4) is 0 Å². The summed E-state index contributed by atoms with van der Waals surface area (Å²) < 4.78 is 0. The highest BCUT2D eigenvalue weighted by Crippen LogP contribution is 2.09. The first kappa shape index (κ1) is 12.3. The molecule has 1 aromatic heterocycles. The van der Waals surface area contributed by atoms with E-state index in [1.165, 1.54) is 23.5 Å². The highest BCUT2D eigenvalue weighted by molar-refractivity contribution is 7.12. The number of hydrogen-bond donors (Lipinski definition) is 2. The monoisotopic (exact) mass is 261 g/mol. The van der Waals surface area contributed by atoms with E-state index >= 15 is 0 Å². The Balaban J connectivity index is 1.94. The van der Waals surface area contributed by atoms with Crippen molar-refractivity contribution in [2.75, 3.05) is 0 Å². The summed E-state index contributed by atoms with van der Waals surface area (Å²) in [5.74, 6) is -1.07. The quantitative estimate of drug-likeness (QED) is 0.888. The molecule has 0 bridgehead atoms. The smallest absolute Gasteiger partial charge is 0.335 e. The van der Waals surface area contributed by atoms with Crippen LogP contribution in [0.25, 0.3) is 0 Å². The maximum atomic E-state index is 11.7. The lowest BCUT2D eigenvalue weighted by Crippen LogP contribution is -2.21. The predicted molar refractivity (Wildman–Crippen MR) is 68.9 cm³/mol. The van der Waals surface area contributed by atoms with Crippen LogP contribution < -0.4 is 5.32 Å². The van der Waals surface area contributed by atoms with Crippen molar-refractivity contribution in [1.82, 2.24) is 5.32 Å². The van der Waals surface area contributed by atoms with Gasteiger partial charge in [-0.05, 0) is 29.1 Å². The van der Waals surface area contributed by atoms with Gasteiger partial charge in [-0.15, -0.1) is 11.3 Å². The molecular formula is C13H11NO3S. The lowest BCUT2D eigenvalue weighted by atomic mass is 10.1. The lowest BCUT2D eigenvalue weighted by molar-refractivity contribution is 0.0696. The first-order valence-electron chi connectivity index (χ1n) is 5.31. The molecule has 1 aromatic carbocycles. The zero-order chi connectivity index (χ0) is 13.0. The van der Waals surface area contributed by atoms with Crippen LogP contribution in [-0.2, 0) is 6.54 Å². The number of rotatable bonds is 4. The SMILES string of the molecule is O=C(O)c1ccc(CNC(=O)c2cccs2)cc1. The van der Waals surface area contributed by atoms with Crippen LogP contribution in [0, 0.1) is 0 Å². The predicted octanol–water partition coefficient (Wildman–Crippen LogP) is 2.38. The molecule has 0 aliphatic carbocycles. The van der Waals surface area contributed by atoms with Gasteiger partial charge in [0.2, 0.25) is 0 Å². The number of thiophene rings is 1. The first-order chi connectivity index (χ1) is 8.66. The summed E-state index contributed by atoms with van der Waals surface area (Å²) in [6.07, 6.45) is 0. The molecule has 92 valence electrons. The van der Waals surface area contributed by atoms with Crippen molar-refractivity contribution in [1.29, 1.82) is 0 Å². The molecule has 0 fully saturated rings. The van der Waals surface area contributed by atoms with E-state index in [2.05, 4.69) is 5.32 Å². The average molecular weight is 261 g/mol. The van der Waals surface area contributed by atoms with Gasteiger partial charge in [-0.25, -0.2) is 4.79 Å². The van der Waals surface area contributed by atoms with Gasteiger partial charge in [0.25, 0.3) is 5.91 Å². The van der Waals surface area contributed by atoms with Crippen molar-refractivity contribution in [2.24, 2.45) is 0 Å². The number of carboxylic acid groups (broad SMARTS) is 1. The molecule has 0 atom stereocenters. The summed E-state index contributed by atoms with van der Waals surface area (Å²) >= 11 is 1.38. The molecule has 0 aliphatic heterocycles. The van der Waals surface area contributed by atoms with E-state index in [9.17, 15) is 9.59 Å². The Morgan fingerprint density at radius 2 is 1.89 bits per heavy atom. The van der Waals surface area contributed by atoms with Gasteiger partial charge < -0.3 is 10.4 Å². The Labute approximate surface area is 108 Å². The van der Waals surface area contributed by atoms with Crippen molar-refractivity contribution in [3.05, 3.63) is 57.8 Å². The number of hydrogen-bond acceptors (Lipinski definition) is 3. The average Bonchev–Trinajstić information content (AvgIpc) is 2.90. The minimum absolute atomic E-state index is 0.118. The van der Waals surface area contributed by atoms with Gasteiger partial charge in [0, 0.05) is 6.54 Å². The van der Waals surface area contributed by atoms with Crippen LogP contribution in [0.5, 0.6) is 0 Å². The van der Waals surface area contributed by atoms with Crippen molar-refractivity contribution < 1.29 is 14.7 Å². The van der Waals surface area contributed by atoms with Crippen LogP contribution >= 0.6 is 11.3 Å². The van der Waals surface area contributed by atoms with Crippen LogP contribution in [-0.4, -0.2) is 17.0 Å². The van der Waals surface area contributed by atoms with Gasteiger partial charge in [0.05, 0.1) is 10.4 Å². The normalized spacial score (nSPS) is 10.0. The first-order valence-corrected chi connectivity index (χ1v) is 6.19. The van der Waals surface area contributed by atoms with Crippen molar-refractivity contribution in [3.63, 3.8) is 0 Å². The van der Waals surface area contributed by atoms with E-state index in [1.54, 1.807) is 18.2 Å². The summed E-state index contributed by atoms with van der Waals surface area (Å²) in [4.78, 5) is 23.0. The molecule has 0 aliphatic rings. The van der Waals surface area contributed by atoms with Crippen LogP contribution in [0.4, 0.5) is 0 Å². The number of carbonyl (C=O) groups is 2. The lowest BCUT2D eigenvalue weighted by Gasteiger charge is -2.04. The Hall–Kier alpha value is -2.14. The second kappa shape index (κ2) is 5.46. The minimum atomic E-state index is -0.954. The van der Waals surface area contributed by atoms with Gasteiger partial charge in [0.1, 0.15) is 0 Å². The molecule has 1 amide bonds. The van der Waals surface area contributed by atoms with E-state index in [0.29, 0.717) is 11.4 Å². The summed E-state index contributed by atoms with van der Waals surface area (Å²) in [6, 6.07) is 10.0. The minimum Gasteiger partial charge on any atom is -0.478 e. The molecule has 2 aromatic rings. The van der Waals surface area contributed by atoms with Crippen molar-refractivity contribution in [3.8, 4) is 0 Å². The largest absolute Gasteiger partial charge is 0.478 e. The fourth-order valence-corrected chi connectivity index (χ4v) is 2.08. The van der Waals surface area contributed by atoms with Gasteiger partial charge >= 0.3 is 5.97 Å². The van der Waals surface area contributed by atoms with E-state index < -0.39 is 5.97 Å². The number of amides is 1. The molecule has 0 unspecified atom stereocenters. The number of carbonyl (C=O) groups excluding carboxylic acids is 1. The van der Waals surface area contributed by atoms with Crippen molar-refractivity contribution >= 4 is 23.2 Å². The fourth-order valence-electron chi connectivity index (χ4n) is 1.44. The number of carboxylic acids is 1. The fraction of sp³-hybridized carbons (Fsp3) is 0.0769. The Kier molecular flexibility index (Phi) is 3.74. The third kappa shape index (κ3) is 2.95. The molecule has 0 saturated carbocycles. The summed E-state index contributed by atoms with van der Waals surface area (Å²) in [5.41, 5.74) is 1.10. The molecule has 18 heavy (non-hydrogen) atoms. The van der Waals surface area contributed by atoms with E-state index in [4.69, 9.17) is 5.11 Å². The van der Waals surface area contributed by atoms with Crippen molar-refractivity contribution in [2.45, 2.75) is 6.54 Å². The second-order valence-electron chi connectivity index (χ2n) is 3.66. The molecule has 2 N–H and O–H groups in total. The van der Waals surface area contributed by atoms with Gasteiger partial charge in [-0.3, -0.25) is 4.79 Å². The highest BCUT2D eigenvalue weighted by Gasteiger charge is 2.06. The maximum absolute atomic E-state index is 11.7. The third-order valence-corrected chi connectivity index (χ3v) is 3.27. The molecule has 0 spiro atoms. The summed E-state index contributed by atoms with van der Waals surface area (Å²) in [6.45, 7) is 0.386. The van der Waals surface area contributed by atoms with Gasteiger partial charge in [-0.1, -0.05) is 18.2 Å². The van der Waals surface area contributed by atoms with E-state index in [-0.39, 0.29) is 11.5 Å². The second-order valence-corrected chi connectivity index (χ2v) is 4.61. The molecule has 4 nitrogen and oxygen atoms in total. The van der Waals surface area contributed by atoms with Crippen LogP contribution in [0.2, 0.25) is 0 Å². The Morgan fingerprint density at radius 3 is 2.44 bits per heavy atom. The molecule has 5 heteroatoms. The number of aromatic carboxylic acids is 1. The van der Waals surface area contributed by atoms with Gasteiger partial charge in [0.15, 0.2) is 0 Å². The van der Waals surface area contributed by atoms with Crippen LogP contribution in [0.1, 0.15) is 25.6 Å². The molecule has 2 rings (SSSR count). The topological polar surface area (TPSA) is 66.4 Å². The molecule has 0 saturated heterocycles. The zero-order valence-corrected chi connectivity index (χ0v) is 10.2. The highest BCUT2D eigenvalue weighted by atomic mass is 32.1. The standard InChI is InChI=1S/C13H11NO3S/c15-12(11-2-1-7-18-11)14-8-9-3-5-10(6-4-9)13(16)17/h1-7H,8H2,(H,14,15)(H,16,17). The number of nitrogens with one attached hydrogen (secondary N) is 1. The third-order valence-electron chi connectivity index (χ3n) is 2.40. The Morgan fingerprint density at radius 1 is 1.17 bits per heavy atom. The number of benzene rings is 1. The zero-order valence-electron chi connectivity index (χ0n) is 9.42. The molecule has 1 heterocycles. The van der Waals surface area contributed by atoms with Gasteiger partial charge in [-0.2, -0.15) is 0 Å². The van der Waals surface area contributed by atoms with E-state index in [1.807, 2.05) is 11.4 Å². The maximum Gasteiger partial charge on any atom is 0.335 e. The van der Waals surface area contributed by atoms with E-state index in [0.717, 1.165) is 5.56 Å².